The summed E-state index contributed by atoms with van der Waals surface area (Å²) in [5, 5.41) is 9.59. The molecule has 3 aliphatic rings. The average molecular weight is 385 g/mol. The number of carboxylic acids is 1. The molecule has 5 rings (SSSR count). The summed E-state index contributed by atoms with van der Waals surface area (Å²) in [6.45, 7) is 5.40. The number of pyridine rings is 1. The van der Waals surface area contributed by atoms with Gasteiger partial charge in [-0.05, 0) is 43.7 Å². The molecule has 2 heterocycles. The normalized spacial score (nSPS) is 31.0. The van der Waals surface area contributed by atoms with Crippen LogP contribution in [0.3, 0.4) is 0 Å². The van der Waals surface area contributed by atoms with Crippen molar-refractivity contribution < 1.29 is 14.3 Å². The average Bonchev–Trinajstić information content (AvgIpc) is 3.44. The molecule has 0 radical (unpaired) electrons. The van der Waals surface area contributed by atoms with Gasteiger partial charge in [0.25, 0.3) is 0 Å². The Balaban J connectivity index is 1.73. The number of halogens is 1. The molecule has 148 valence electrons. The van der Waals surface area contributed by atoms with Gasteiger partial charge in [0.1, 0.15) is 11.4 Å². The summed E-state index contributed by atoms with van der Waals surface area (Å²) >= 11 is 0. The number of benzene rings is 1. The molecule has 7 heteroatoms. The Morgan fingerprint density at radius 1 is 1.43 bits per heavy atom. The maximum absolute atomic E-state index is 15.2. The molecule has 1 aromatic carbocycles. The first-order chi connectivity index (χ1) is 13.2. The van der Waals surface area contributed by atoms with E-state index in [9.17, 15) is 14.7 Å². The van der Waals surface area contributed by atoms with Crippen LogP contribution in [0.15, 0.2) is 17.1 Å². The molecule has 6 nitrogen and oxygen atoms in total. The minimum absolute atomic E-state index is 0.103. The molecule has 1 spiro atoms. The van der Waals surface area contributed by atoms with Crippen LogP contribution in [0.2, 0.25) is 0 Å². The highest BCUT2D eigenvalue weighted by Crippen LogP contribution is 2.53. The van der Waals surface area contributed by atoms with Crippen LogP contribution in [-0.2, 0) is 0 Å². The fourth-order valence-corrected chi connectivity index (χ4v) is 5.10. The topological polar surface area (TPSA) is 88.6 Å². The van der Waals surface area contributed by atoms with Crippen LogP contribution in [0.5, 0.6) is 0 Å². The maximum atomic E-state index is 15.2. The fraction of sp³-hybridized carbons (Fsp3) is 0.524. The second-order valence-corrected chi connectivity index (χ2v) is 8.94. The van der Waals surface area contributed by atoms with Gasteiger partial charge in [0.15, 0.2) is 0 Å². The smallest absolute Gasteiger partial charge is 0.341 e. The summed E-state index contributed by atoms with van der Waals surface area (Å²) in [6, 6.07) is 1.55. The number of aromatic nitrogens is 1. The van der Waals surface area contributed by atoms with E-state index < -0.39 is 17.2 Å². The highest BCUT2D eigenvalue weighted by Gasteiger charge is 2.55. The van der Waals surface area contributed by atoms with Gasteiger partial charge in [0, 0.05) is 42.2 Å². The number of rotatable bonds is 3. The molecule has 0 amide bonds. The Kier molecular flexibility index (Phi) is 3.51. The molecule has 3 fully saturated rings. The lowest BCUT2D eigenvalue weighted by Crippen LogP contribution is -2.26. The number of hydrogen-bond donors (Lipinski definition) is 2. The van der Waals surface area contributed by atoms with Gasteiger partial charge in [-0.15, -0.1) is 0 Å². The van der Waals surface area contributed by atoms with E-state index in [0.29, 0.717) is 22.7 Å². The molecule has 1 aromatic heterocycles. The zero-order chi connectivity index (χ0) is 20.0. The first kappa shape index (κ1) is 17.7. The van der Waals surface area contributed by atoms with Crippen molar-refractivity contribution in [3.05, 3.63) is 39.4 Å². The third kappa shape index (κ3) is 2.35. The molecule has 0 bridgehead atoms. The quantitative estimate of drug-likeness (QED) is 0.848. The van der Waals surface area contributed by atoms with E-state index in [1.165, 1.54) is 12.3 Å². The number of carboxylic acid groups (broad SMARTS) is 1. The van der Waals surface area contributed by atoms with Crippen molar-refractivity contribution in [1.29, 1.82) is 0 Å². The van der Waals surface area contributed by atoms with E-state index in [-0.39, 0.29) is 28.4 Å². The lowest BCUT2D eigenvalue weighted by Gasteiger charge is -2.24. The van der Waals surface area contributed by atoms with E-state index >= 15 is 4.39 Å². The van der Waals surface area contributed by atoms with E-state index in [1.54, 1.807) is 0 Å². The van der Waals surface area contributed by atoms with Gasteiger partial charge in [0.2, 0.25) is 5.43 Å². The molecule has 2 saturated carbocycles. The van der Waals surface area contributed by atoms with Gasteiger partial charge >= 0.3 is 5.97 Å². The maximum Gasteiger partial charge on any atom is 0.341 e. The summed E-state index contributed by atoms with van der Waals surface area (Å²) in [5.74, 6) is -1.34. The third-order valence-electron chi connectivity index (χ3n) is 7.09. The second kappa shape index (κ2) is 5.56. The number of aryl methyl sites for hydroxylation is 1. The van der Waals surface area contributed by atoms with Crippen LogP contribution in [0.1, 0.15) is 48.1 Å². The molecule has 4 atom stereocenters. The first-order valence-corrected chi connectivity index (χ1v) is 9.85. The molecular weight excluding hydrogens is 361 g/mol. The van der Waals surface area contributed by atoms with Gasteiger partial charge < -0.3 is 20.3 Å². The number of nitrogens with zero attached hydrogens (tertiary/aromatic N) is 2. The Bertz CT molecular complexity index is 1090. The summed E-state index contributed by atoms with van der Waals surface area (Å²) in [7, 11) is 0. The number of aromatic carboxylic acids is 1. The van der Waals surface area contributed by atoms with E-state index in [2.05, 4.69) is 6.92 Å². The van der Waals surface area contributed by atoms with E-state index in [4.69, 9.17) is 5.73 Å². The van der Waals surface area contributed by atoms with Crippen molar-refractivity contribution in [2.24, 2.45) is 17.1 Å². The number of carbonyl (C=O) groups is 1. The molecular formula is C21H24FN3O3. The number of anilines is 1. The number of hydrogen-bond acceptors (Lipinski definition) is 4. The fourth-order valence-electron chi connectivity index (χ4n) is 5.10. The van der Waals surface area contributed by atoms with Crippen LogP contribution in [0.4, 0.5) is 10.1 Å². The van der Waals surface area contributed by atoms with Gasteiger partial charge in [-0.25, -0.2) is 9.18 Å². The second-order valence-electron chi connectivity index (χ2n) is 8.94. The zero-order valence-corrected chi connectivity index (χ0v) is 16.0. The minimum atomic E-state index is -1.28. The SMILES string of the molecule is Cc1c(N2CCC3(CC3N)C2)c(F)cc2c(=O)c(C(=O)O)cn([C@@H]3CC3C)c12. The predicted octanol–water partition coefficient (Wildman–Crippen LogP) is 2.66. The van der Waals surface area contributed by atoms with Gasteiger partial charge in [0.05, 0.1) is 11.2 Å². The molecule has 1 aliphatic heterocycles. The van der Waals surface area contributed by atoms with Crippen LogP contribution < -0.4 is 16.1 Å². The van der Waals surface area contributed by atoms with Crippen LogP contribution in [-0.4, -0.2) is 34.8 Å². The van der Waals surface area contributed by atoms with Crippen molar-refractivity contribution in [3.8, 4) is 0 Å². The van der Waals surface area contributed by atoms with Crippen molar-refractivity contribution in [3.63, 3.8) is 0 Å². The van der Waals surface area contributed by atoms with Crippen molar-refractivity contribution in [1.82, 2.24) is 4.57 Å². The molecule has 2 aliphatic carbocycles. The highest BCUT2D eigenvalue weighted by atomic mass is 19.1. The van der Waals surface area contributed by atoms with Gasteiger partial charge in [-0.3, -0.25) is 4.79 Å². The lowest BCUT2D eigenvalue weighted by atomic mass is 10.0. The van der Waals surface area contributed by atoms with Crippen LogP contribution in [0, 0.1) is 24.1 Å². The molecule has 2 aromatic rings. The molecule has 3 unspecified atom stereocenters. The van der Waals surface area contributed by atoms with Crippen molar-refractivity contribution >= 4 is 22.6 Å². The molecule has 28 heavy (non-hydrogen) atoms. The lowest BCUT2D eigenvalue weighted by molar-refractivity contribution is 0.0695. The van der Waals surface area contributed by atoms with Crippen molar-refractivity contribution in [2.75, 3.05) is 18.0 Å². The minimum Gasteiger partial charge on any atom is -0.477 e. The van der Waals surface area contributed by atoms with Crippen LogP contribution in [0.25, 0.3) is 10.9 Å². The Morgan fingerprint density at radius 3 is 2.64 bits per heavy atom. The number of nitrogens with two attached hydrogens (primary N) is 1. The summed E-state index contributed by atoms with van der Waals surface area (Å²) in [5.41, 5.74) is 7.16. The first-order valence-electron chi connectivity index (χ1n) is 9.85. The Labute approximate surface area is 161 Å². The third-order valence-corrected chi connectivity index (χ3v) is 7.09. The van der Waals surface area contributed by atoms with Gasteiger partial charge in [-0.2, -0.15) is 0 Å². The molecule has 3 N–H and O–H groups in total. The monoisotopic (exact) mass is 385 g/mol. The number of fused-ring (bicyclic) bond motifs is 1. The van der Waals surface area contributed by atoms with Crippen LogP contribution >= 0.6 is 0 Å². The van der Waals surface area contributed by atoms with E-state index in [1.807, 2.05) is 16.4 Å². The predicted molar refractivity (Wildman–Crippen MR) is 105 cm³/mol. The molecule has 1 saturated heterocycles. The Hall–Kier alpha value is -2.41. The standard InChI is InChI=1S/C21H24FN3O3/c1-10-5-15(10)25-8-13(20(27)28)19(26)12-6-14(22)18(11(2)17(12)25)24-4-3-21(9-24)7-16(21)23/h6,8,10,15-16H,3-5,7,9,23H2,1-2H3,(H,27,28)/t10?,15-,16?,21?/m1/s1. The largest absolute Gasteiger partial charge is 0.477 e. The zero-order valence-electron chi connectivity index (χ0n) is 16.0. The Morgan fingerprint density at radius 2 is 2.11 bits per heavy atom. The summed E-state index contributed by atoms with van der Waals surface area (Å²) in [6.07, 6.45) is 4.29. The van der Waals surface area contributed by atoms with Crippen molar-refractivity contribution in [2.45, 2.75) is 45.2 Å². The summed E-state index contributed by atoms with van der Waals surface area (Å²) in [4.78, 5) is 26.4. The highest BCUT2D eigenvalue weighted by molar-refractivity contribution is 5.95. The van der Waals surface area contributed by atoms with E-state index in [0.717, 1.165) is 32.4 Å². The summed E-state index contributed by atoms with van der Waals surface area (Å²) < 4.78 is 17.1. The van der Waals surface area contributed by atoms with Gasteiger partial charge in [-0.1, -0.05) is 6.92 Å².